The van der Waals surface area contributed by atoms with E-state index in [1.54, 1.807) is 0 Å². The van der Waals surface area contributed by atoms with Crippen molar-refractivity contribution in [3.63, 3.8) is 0 Å². The summed E-state index contributed by atoms with van der Waals surface area (Å²) in [5.41, 5.74) is 0. The van der Waals surface area contributed by atoms with Crippen molar-refractivity contribution in [1.29, 1.82) is 0 Å². The number of carbonyl (C=O) groups is 3. The van der Waals surface area contributed by atoms with Gasteiger partial charge in [-0.2, -0.15) is 0 Å². The largest absolute Gasteiger partial charge is 0.462 e. The van der Waals surface area contributed by atoms with Crippen LogP contribution in [0.2, 0.25) is 0 Å². The Morgan fingerprint density at radius 1 is 0.358 bits per heavy atom. The van der Waals surface area contributed by atoms with Gasteiger partial charge in [-0.15, -0.1) is 0 Å². The van der Waals surface area contributed by atoms with Gasteiger partial charge in [0.2, 0.25) is 0 Å². The monoisotopic (exact) mass is 751 g/mol. The second-order valence-electron chi connectivity index (χ2n) is 17.0. The number of unbranched alkanes of at least 4 members (excludes halogenated alkanes) is 26. The van der Waals surface area contributed by atoms with Gasteiger partial charge in [-0.25, -0.2) is 0 Å². The smallest absolute Gasteiger partial charge is 0.306 e. The molecule has 53 heavy (non-hydrogen) atoms. The van der Waals surface area contributed by atoms with Crippen LogP contribution in [0.4, 0.5) is 0 Å². The second-order valence-corrected chi connectivity index (χ2v) is 17.0. The van der Waals surface area contributed by atoms with Gasteiger partial charge in [0.1, 0.15) is 13.2 Å². The Hall–Kier alpha value is -1.59. The Bertz CT molecular complexity index is 809. The van der Waals surface area contributed by atoms with Crippen molar-refractivity contribution in [1.82, 2.24) is 0 Å². The Labute approximate surface area is 329 Å². The van der Waals surface area contributed by atoms with Crippen LogP contribution in [0.15, 0.2) is 0 Å². The molecule has 0 aliphatic rings. The molecule has 0 aliphatic carbocycles. The Morgan fingerprint density at radius 3 is 0.925 bits per heavy atom. The van der Waals surface area contributed by atoms with Crippen molar-refractivity contribution in [2.75, 3.05) is 13.2 Å². The van der Waals surface area contributed by atoms with Crippen LogP contribution in [0.1, 0.15) is 253 Å². The van der Waals surface area contributed by atoms with Crippen LogP contribution in [0.5, 0.6) is 0 Å². The number of ether oxygens (including phenoxy) is 3. The first-order valence-corrected chi connectivity index (χ1v) is 23.2. The third-order valence-electron chi connectivity index (χ3n) is 10.5. The molecule has 0 amide bonds. The number of carbonyl (C=O) groups excluding carboxylic acids is 3. The molecule has 0 unspecified atom stereocenters. The van der Waals surface area contributed by atoms with Gasteiger partial charge in [0, 0.05) is 19.3 Å². The fourth-order valence-corrected chi connectivity index (χ4v) is 6.93. The van der Waals surface area contributed by atoms with Gasteiger partial charge in [0.15, 0.2) is 6.10 Å². The topological polar surface area (TPSA) is 78.9 Å². The number of rotatable bonds is 41. The van der Waals surface area contributed by atoms with E-state index in [4.69, 9.17) is 14.2 Å². The summed E-state index contributed by atoms with van der Waals surface area (Å²) in [5, 5.41) is 0. The van der Waals surface area contributed by atoms with Crippen molar-refractivity contribution in [3.05, 3.63) is 0 Å². The van der Waals surface area contributed by atoms with Crippen LogP contribution in [0.3, 0.4) is 0 Å². The van der Waals surface area contributed by atoms with Crippen LogP contribution < -0.4 is 0 Å². The highest BCUT2D eigenvalue weighted by Gasteiger charge is 2.19. The Balaban J connectivity index is 4.33. The zero-order valence-electron chi connectivity index (χ0n) is 36.1. The minimum atomic E-state index is -0.761. The van der Waals surface area contributed by atoms with Crippen LogP contribution in [-0.2, 0) is 28.6 Å². The highest BCUT2D eigenvalue weighted by atomic mass is 16.6. The quantitative estimate of drug-likeness (QED) is 0.0352. The van der Waals surface area contributed by atoms with Gasteiger partial charge in [0.05, 0.1) is 0 Å². The second kappa shape index (κ2) is 40.1. The van der Waals surface area contributed by atoms with Crippen molar-refractivity contribution in [2.24, 2.45) is 11.8 Å². The summed E-state index contributed by atoms with van der Waals surface area (Å²) in [5.74, 6) is 0.718. The lowest BCUT2D eigenvalue weighted by atomic mass is 10.0. The van der Waals surface area contributed by atoms with E-state index in [9.17, 15) is 14.4 Å². The summed E-state index contributed by atoms with van der Waals surface area (Å²) in [7, 11) is 0. The molecule has 0 aliphatic heterocycles. The molecular weight excluding hydrogens is 661 g/mol. The number of hydrogen-bond acceptors (Lipinski definition) is 6. The van der Waals surface area contributed by atoms with Crippen LogP contribution in [0, 0.1) is 11.8 Å². The molecule has 0 aromatic carbocycles. The molecule has 0 bridgehead atoms. The third kappa shape index (κ3) is 41.4. The summed E-state index contributed by atoms with van der Waals surface area (Å²) in [6.45, 7) is 11.3. The fraction of sp³-hybridized carbons (Fsp3) is 0.936. The minimum Gasteiger partial charge on any atom is -0.462 e. The Kier molecular flexibility index (Phi) is 38.9. The molecule has 1 atom stereocenters. The van der Waals surface area contributed by atoms with Crippen molar-refractivity contribution >= 4 is 17.9 Å². The highest BCUT2D eigenvalue weighted by Crippen LogP contribution is 2.16. The Morgan fingerprint density at radius 2 is 0.623 bits per heavy atom. The van der Waals surface area contributed by atoms with Crippen LogP contribution in [0.25, 0.3) is 0 Å². The van der Waals surface area contributed by atoms with Crippen molar-refractivity contribution < 1.29 is 28.6 Å². The van der Waals surface area contributed by atoms with Gasteiger partial charge >= 0.3 is 17.9 Å². The summed E-state index contributed by atoms with van der Waals surface area (Å²) in [4.78, 5) is 37.7. The zero-order chi connectivity index (χ0) is 39.0. The zero-order valence-corrected chi connectivity index (χ0v) is 36.1. The average Bonchev–Trinajstić information content (AvgIpc) is 3.12. The molecule has 0 rings (SSSR count). The first-order valence-electron chi connectivity index (χ1n) is 23.2. The van der Waals surface area contributed by atoms with Crippen molar-refractivity contribution in [2.45, 2.75) is 259 Å². The molecule has 314 valence electrons. The summed E-state index contributed by atoms with van der Waals surface area (Å²) < 4.78 is 16.7. The molecule has 0 N–H and O–H groups in total. The lowest BCUT2D eigenvalue weighted by molar-refractivity contribution is -0.167. The van der Waals surface area contributed by atoms with E-state index < -0.39 is 6.10 Å². The van der Waals surface area contributed by atoms with Gasteiger partial charge in [-0.05, 0) is 31.1 Å². The number of hydrogen-bond donors (Lipinski definition) is 0. The molecule has 0 aromatic rings. The molecule has 6 heteroatoms. The predicted molar refractivity (Wildman–Crippen MR) is 224 cm³/mol. The van der Waals surface area contributed by atoms with Crippen molar-refractivity contribution in [3.8, 4) is 0 Å². The number of esters is 3. The predicted octanol–water partition coefficient (Wildman–Crippen LogP) is 14.6. The fourth-order valence-electron chi connectivity index (χ4n) is 6.93. The molecule has 0 heterocycles. The SMILES string of the molecule is CCCCCCCCCCCCCCCCC(=O)O[C@H](COC(=O)CCCCCCCCCCC(C)C)COC(=O)CCCCCCCCCC(C)C. The van der Waals surface area contributed by atoms with Gasteiger partial charge in [-0.1, -0.05) is 214 Å². The first kappa shape index (κ1) is 51.4. The molecule has 6 nitrogen and oxygen atoms in total. The first-order chi connectivity index (χ1) is 25.7. The molecule has 0 radical (unpaired) electrons. The summed E-state index contributed by atoms with van der Waals surface area (Å²) in [6, 6.07) is 0. The molecule has 0 saturated carbocycles. The van der Waals surface area contributed by atoms with E-state index in [0.29, 0.717) is 19.3 Å². The average molecular weight is 751 g/mol. The van der Waals surface area contributed by atoms with Crippen LogP contribution >= 0.6 is 0 Å². The van der Waals surface area contributed by atoms with Gasteiger partial charge < -0.3 is 14.2 Å². The normalized spacial score (nSPS) is 12.1. The van der Waals surface area contributed by atoms with E-state index in [2.05, 4.69) is 34.6 Å². The summed E-state index contributed by atoms with van der Waals surface area (Å²) in [6.07, 6.45) is 38.1. The maximum absolute atomic E-state index is 12.7. The molecule has 0 spiro atoms. The van der Waals surface area contributed by atoms with E-state index in [0.717, 1.165) is 69.6 Å². The summed E-state index contributed by atoms with van der Waals surface area (Å²) >= 11 is 0. The van der Waals surface area contributed by atoms with Crippen LogP contribution in [-0.4, -0.2) is 37.2 Å². The van der Waals surface area contributed by atoms with E-state index >= 15 is 0 Å². The standard InChI is InChI=1S/C47H90O6/c1-6-7-8-9-10-11-12-13-14-15-16-23-29-34-39-47(50)53-44(41-52-46(49)38-33-28-24-19-21-26-31-36-43(4)5)40-51-45(48)37-32-27-22-18-17-20-25-30-35-42(2)3/h42-44H,6-41H2,1-5H3/t44-/m1/s1. The maximum Gasteiger partial charge on any atom is 0.306 e. The van der Waals surface area contributed by atoms with E-state index in [1.807, 2.05) is 0 Å². The maximum atomic E-state index is 12.7. The highest BCUT2D eigenvalue weighted by molar-refractivity contribution is 5.71. The molecule has 0 saturated heterocycles. The van der Waals surface area contributed by atoms with Gasteiger partial charge in [-0.3, -0.25) is 14.4 Å². The van der Waals surface area contributed by atoms with Gasteiger partial charge in [0.25, 0.3) is 0 Å². The van der Waals surface area contributed by atoms with E-state index in [1.165, 1.54) is 141 Å². The minimum absolute atomic E-state index is 0.0657. The lowest BCUT2D eigenvalue weighted by Crippen LogP contribution is -2.30. The van der Waals surface area contributed by atoms with E-state index in [-0.39, 0.29) is 31.1 Å². The third-order valence-corrected chi connectivity index (χ3v) is 10.5. The molecule has 0 fully saturated rings. The molecular formula is C47H90O6. The molecule has 0 aromatic heterocycles. The lowest BCUT2D eigenvalue weighted by Gasteiger charge is -2.18.